The number of nitrogens with zero attached hydrogens (tertiary/aromatic N) is 1. The predicted octanol–water partition coefficient (Wildman–Crippen LogP) is 4.53. The van der Waals surface area contributed by atoms with Crippen LogP contribution in [0.25, 0.3) is 0 Å². The first-order valence-electron chi connectivity index (χ1n) is 7.41. The van der Waals surface area contributed by atoms with Crippen LogP contribution < -0.4 is 0 Å². The van der Waals surface area contributed by atoms with E-state index in [9.17, 15) is 9.18 Å². The van der Waals surface area contributed by atoms with Crippen molar-refractivity contribution in [3.8, 4) is 0 Å². The van der Waals surface area contributed by atoms with Gasteiger partial charge in [0, 0.05) is 18.0 Å². The summed E-state index contributed by atoms with van der Waals surface area (Å²) >= 11 is 1.46. The molecule has 0 bridgehead atoms. The SMILES string of the molecule is CCN(CC)C(=O)C(Sc1ccc(F)cc1)c1ccccc1. The molecule has 2 rings (SSSR count). The quantitative estimate of drug-likeness (QED) is 0.730. The van der Waals surface area contributed by atoms with E-state index < -0.39 is 0 Å². The van der Waals surface area contributed by atoms with Gasteiger partial charge in [-0.3, -0.25) is 4.79 Å². The van der Waals surface area contributed by atoms with Crippen LogP contribution in [-0.4, -0.2) is 23.9 Å². The van der Waals surface area contributed by atoms with Gasteiger partial charge >= 0.3 is 0 Å². The van der Waals surface area contributed by atoms with Gasteiger partial charge < -0.3 is 4.90 Å². The van der Waals surface area contributed by atoms with Gasteiger partial charge in [-0.05, 0) is 43.7 Å². The molecule has 22 heavy (non-hydrogen) atoms. The maximum absolute atomic E-state index is 13.1. The van der Waals surface area contributed by atoms with Crippen LogP contribution in [0, 0.1) is 5.82 Å². The first kappa shape index (κ1) is 16.6. The van der Waals surface area contributed by atoms with Gasteiger partial charge in [-0.25, -0.2) is 4.39 Å². The smallest absolute Gasteiger partial charge is 0.240 e. The topological polar surface area (TPSA) is 20.3 Å². The number of carbonyl (C=O) groups excluding carboxylic acids is 1. The molecule has 116 valence electrons. The van der Waals surface area contributed by atoms with Crippen molar-refractivity contribution >= 4 is 17.7 Å². The average molecular weight is 317 g/mol. The molecule has 0 fully saturated rings. The van der Waals surface area contributed by atoms with E-state index >= 15 is 0 Å². The highest BCUT2D eigenvalue weighted by Crippen LogP contribution is 2.36. The number of likely N-dealkylation sites (N-methyl/N-ethyl adjacent to an activating group) is 1. The summed E-state index contributed by atoms with van der Waals surface area (Å²) in [7, 11) is 0. The predicted molar refractivity (Wildman–Crippen MR) is 89.4 cm³/mol. The second-order valence-corrected chi connectivity index (χ2v) is 6.05. The lowest BCUT2D eigenvalue weighted by atomic mass is 10.1. The summed E-state index contributed by atoms with van der Waals surface area (Å²) in [6, 6.07) is 16.0. The van der Waals surface area contributed by atoms with Gasteiger partial charge in [0.2, 0.25) is 5.91 Å². The fourth-order valence-electron chi connectivity index (χ4n) is 2.24. The molecule has 1 atom stereocenters. The minimum absolute atomic E-state index is 0.0884. The van der Waals surface area contributed by atoms with E-state index in [1.165, 1.54) is 23.9 Å². The van der Waals surface area contributed by atoms with Crippen molar-refractivity contribution in [1.82, 2.24) is 4.90 Å². The minimum atomic E-state index is -0.313. The first-order chi connectivity index (χ1) is 10.7. The second kappa shape index (κ2) is 7.99. The minimum Gasteiger partial charge on any atom is -0.342 e. The monoisotopic (exact) mass is 317 g/mol. The third-order valence-electron chi connectivity index (χ3n) is 3.47. The molecule has 0 aliphatic heterocycles. The molecule has 0 saturated heterocycles. The molecule has 1 amide bonds. The Kier molecular flexibility index (Phi) is 6.01. The van der Waals surface area contributed by atoms with E-state index in [1.807, 2.05) is 49.1 Å². The Morgan fingerprint density at radius 3 is 2.18 bits per heavy atom. The number of carbonyl (C=O) groups is 1. The van der Waals surface area contributed by atoms with Crippen molar-refractivity contribution in [2.75, 3.05) is 13.1 Å². The molecule has 0 aliphatic rings. The lowest BCUT2D eigenvalue weighted by Crippen LogP contribution is -2.33. The van der Waals surface area contributed by atoms with E-state index in [0.29, 0.717) is 13.1 Å². The van der Waals surface area contributed by atoms with E-state index in [2.05, 4.69) is 0 Å². The van der Waals surface area contributed by atoms with Gasteiger partial charge in [0.1, 0.15) is 11.1 Å². The Morgan fingerprint density at radius 1 is 1.05 bits per heavy atom. The Balaban J connectivity index is 2.29. The summed E-state index contributed by atoms with van der Waals surface area (Å²) < 4.78 is 13.1. The molecule has 2 aromatic carbocycles. The molecule has 0 N–H and O–H groups in total. The van der Waals surface area contributed by atoms with Gasteiger partial charge in [0.05, 0.1) is 0 Å². The molecule has 0 aliphatic carbocycles. The zero-order valence-corrected chi connectivity index (χ0v) is 13.6. The molecule has 4 heteroatoms. The van der Waals surface area contributed by atoms with Gasteiger partial charge in [-0.2, -0.15) is 0 Å². The summed E-state index contributed by atoms with van der Waals surface area (Å²) in [6.07, 6.45) is 0. The molecule has 0 heterocycles. The van der Waals surface area contributed by atoms with E-state index in [1.54, 1.807) is 12.1 Å². The van der Waals surface area contributed by atoms with Gasteiger partial charge in [0.15, 0.2) is 0 Å². The van der Waals surface area contributed by atoms with Crippen molar-refractivity contribution in [3.63, 3.8) is 0 Å². The zero-order chi connectivity index (χ0) is 15.9. The van der Waals surface area contributed by atoms with Crippen molar-refractivity contribution < 1.29 is 9.18 Å². The number of benzene rings is 2. The zero-order valence-electron chi connectivity index (χ0n) is 12.8. The number of thioether (sulfide) groups is 1. The number of halogens is 1. The molecular weight excluding hydrogens is 297 g/mol. The van der Waals surface area contributed by atoms with Crippen LogP contribution in [0.5, 0.6) is 0 Å². The Morgan fingerprint density at radius 2 is 1.64 bits per heavy atom. The fraction of sp³-hybridized carbons (Fsp3) is 0.278. The molecule has 0 aromatic heterocycles. The first-order valence-corrected chi connectivity index (χ1v) is 8.29. The summed E-state index contributed by atoms with van der Waals surface area (Å²) in [5.74, 6) is -0.179. The molecule has 0 spiro atoms. The van der Waals surface area contributed by atoms with Crippen molar-refractivity contribution in [2.24, 2.45) is 0 Å². The maximum atomic E-state index is 13.1. The van der Waals surface area contributed by atoms with Gasteiger partial charge in [-0.1, -0.05) is 30.3 Å². The van der Waals surface area contributed by atoms with Crippen LogP contribution in [0.4, 0.5) is 4.39 Å². The highest BCUT2D eigenvalue weighted by molar-refractivity contribution is 8.00. The van der Waals surface area contributed by atoms with Gasteiger partial charge in [-0.15, -0.1) is 11.8 Å². The molecule has 2 nitrogen and oxygen atoms in total. The Hall–Kier alpha value is -1.81. The van der Waals surface area contributed by atoms with Crippen LogP contribution in [0.3, 0.4) is 0 Å². The van der Waals surface area contributed by atoms with E-state index in [0.717, 1.165) is 10.5 Å². The van der Waals surface area contributed by atoms with Crippen LogP contribution in [0.1, 0.15) is 24.7 Å². The largest absolute Gasteiger partial charge is 0.342 e. The third kappa shape index (κ3) is 4.10. The molecule has 2 aromatic rings. The number of amides is 1. The average Bonchev–Trinajstić information content (AvgIpc) is 2.56. The highest BCUT2D eigenvalue weighted by atomic mass is 32.2. The van der Waals surface area contributed by atoms with Gasteiger partial charge in [0.25, 0.3) is 0 Å². The Bertz CT molecular complexity index is 596. The summed E-state index contributed by atoms with van der Waals surface area (Å²) in [5, 5.41) is -0.313. The Labute approximate surface area is 135 Å². The summed E-state index contributed by atoms with van der Waals surface area (Å²) in [6.45, 7) is 5.32. The molecule has 0 radical (unpaired) electrons. The number of rotatable bonds is 6. The van der Waals surface area contributed by atoms with E-state index in [4.69, 9.17) is 0 Å². The lowest BCUT2D eigenvalue weighted by molar-refractivity contribution is -0.130. The van der Waals surface area contributed by atoms with Crippen LogP contribution in [-0.2, 0) is 4.79 Å². The van der Waals surface area contributed by atoms with Crippen LogP contribution >= 0.6 is 11.8 Å². The van der Waals surface area contributed by atoms with E-state index in [-0.39, 0.29) is 17.0 Å². The maximum Gasteiger partial charge on any atom is 0.240 e. The van der Waals surface area contributed by atoms with Crippen molar-refractivity contribution in [1.29, 1.82) is 0 Å². The van der Waals surface area contributed by atoms with Crippen molar-refractivity contribution in [3.05, 3.63) is 66.0 Å². The fourth-order valence-corrected chi connectivity index (χ4v) is 3.35. The third-order valence-corrected chi connectivity index (χ3v) is 4.72. The summed E-state index contributed by atoms with van der Waals surface area (Å²) in [4.78, 5) is 15.5. The normalized spacial score (nSPS) is 12.0. The highest BCUT2D eigenvalue weighted by Gasteiger charge is 2.25. The summed E-state index contributed by atoms with van der Waals surface area (Å²) in [5.41, 5.74) is 0.966. The molecule has 0 saturated carbocycles. The molecule has 1 unspecified atom stereocenters. The molecular formula is C18H20FNOS. The number of hydrogen-bond acceptors (Lipinski definition) is 2. The van der Waals surface area contributed by atoms with Crippen molar-refractivity contribution in [2.45, 2.75) is 24.0 Å². The lowest BCUT2D eigenvalue weighted by Gasteiger charge is -2.25. The number of hydrogen-bond donors (Lipinski definition) is 0. The van der Waals surface area contributed by atoms with Crippen LogP contribution in [0.15, 0.2) is 59.5 Å². The standard InChI is InChI=1S/C18H20FNOS/c1-3-20(4-2)18(21)17(14-8-6-5-7-9-14)22-16-12-10-15(19)11-13-16/h5-13,17H,3-4H2,1-2H3. The second-order valence-electron chi connectivity index (χ2n) is 4.87. The van der Waals surface area contributed by atoms with Crippen LogP contribution in [0.2, 0.25) is 0 Å².